The molecule has 16 heavy (non-hydrogen) atoms. The molecule has 94 valence electrons. The number of hydrogen-bond donors (Lipinski definition) is 0. The molecule has 0 spiro atoms. The quantitative estimate of drug-likeness (QED) is 0.628. The largest absolute Gasteiger partial charge is 0.379 e. The van der Waals surface area contributed by atoms with Gasteiger partial charge in [-0.05, 0) is 25.2 Å². The van der Waals surface area contributed by atoms with Crippen molar-refractivity contribution < 1.29 is 14.3 Å². The van der Waals surface area contributed by atoms with E-state index in [0.717, 1.165) is 25.9 Å². The van der Waals surface area contributed by atoms with Gasteiger partial charge in [0.05, 0.1) is 19.3 Å². The Morgan fingerprint density at radius 1 is 1.19 bits per heavy atom. The molecule has 0 amide bonds. The maximum absolute atomic E-state index is 11.0. The molecular formula is C13H24O3. The van der Waals surface area contributed by atoms with Gasteiger partial charge in [-0.2, -0.15) is 0 Å². The van der Waals surface area contributed by atoms with Crippen LogP contribution in [0.5, 0.6) is 0 Å². The van der Waals surface area contributed by atoms with Crippen molar-refractivity contribution in [2.24, 2.45) is 5.92 Å². The average molecular weight is 228 g/mol. The highest BCUT2D eigenvalue weighted by Crippen LogP contribution is 2.17. The topological polar surface area (TPSA) is 35.5 Å². The van der Waals surface area contributed by atoms with Crippen LogP contribution in [0, 0.1) is 5.92 Å². The summed E-state index contributed by atoms with van der Waals surface area (Å²) in [5.41, 5.74) is 0. The summed E-state index contributed by atoms with van der Waals surface area (Å²) in [7, 11) is 0. The van der Waals surface area contributed by atoms with Crippen LogP contribution in [0.4, 0.5) is 0 Å². The van der Waals surface area contributed by atoms with Gasteiger partial charge in [0, 0.05) is 19.4 Å². The molecule has 1 aliphatic carbocycles. The molecule has 3 heteroatoms. The van der Waals surface area contributed by atoms with Crippen molar-refractivity contribution in [1.82, 2.24) is 0 Å². The summed E-state index contributed by atoms with van der Waals surface area (Å²) in [4.78, 5) is 11.0. The first-order valence-electron chi connectivity index (χ1n) is 6.39. The molecule has 0 N–H and O–H groups in total. The van der Waals surface area contributed by atoms with Gasteiger partial charge < -0.3 is 9.47 Å². The third-order valence-electron chi connectivity index (χ3n) is 2.91. The molecule has 1 fully saturated rings. The van der Waals surface area contributed by atoms with E-state index in [4.69, 9.17) is 9.47 Å². The molecule has 1 saturated carbocycles. The van der Waals surface area contributed by atoms with Gasteiger partial charge in [-0.1, -0.05) is 13.8 Å². The van der Waals surface area contributed by atoms with Crippen LogP contribution in [-0.4, -0.2) is 31.7 Å². The van der Waals surface area contributed by atoms with Crippen molar-refractivity contribution in [3.63, 3.8) is 0 Å². The lowest BCUT2D eigenvalue weighted by atomic mass is 9.97. The van der Waals surface area contributed by atoms with E-state index in [9.17, 15) is 4.79 Å². The molecule has 1 aliphatic rings. The van der Waals surface area contributed by atoms with Crippen LogP contribution < -0.4 is 0 Å². The average Bonchev–Trinajstić information content (AvgIpc) is 2.25. The van der Waals surface area contributed by atoms with Crippen molar-refractivity contribution in [3.05, 3.63) is 0 Å². The number of hydrogen-bond acceptors (Lipinski definition) is 3. The lowest BCUT2D eigenvalue weighted by Crippen LogP contribution is -2.23. The summed E-state index contributed by atoms with van der Waals surface area (Å²) < 4.78 is 11.1. The fraction of sp³-hybridized carbons (Fsp3) is 0.923. The highest BCUT2D eigenvalue weighted by atomic mass is 16.5. The zero-order chi connectivity index (χ0) is 11.8. The molecule has 0 aromatic heterocycles. The highest BCUT2D eigenvalue weighted by molar-refractivity contribution is 5.79. The van der Waals surface area contributed by atoms with Gasteiger partial charge in [0.15, 0.2) is 0 Å². The van der Waals surface area contributed by atoms with Crippen LogP contribution in [-0.2, 0) is 14.3 Å². The normalized spacial score (nSPS) is 18.3. The predicted molar refractivity (Wildman–Crippen MR) is 63.5 cm³/mol. The van der Waals surface area contributed by atoms with E-state index in [2.05, 4.69) is 13.8 Å². The molecule has 0 atom stereocenters. The Hall–Kier alpha value is -0.410. The lowest BCUT2D eigenvalue weighted by molar-refractivity contribution is -0.123. The van der Waals surface area contributed by atoms with Crippen LogP contribution in [0.25, 0.3) is 0 Å². The first kappa shape index (κ1) is 13.7. The first-order chi connectivity index (χ1) is 7.68. The molecule has 3 nitrogen and oxygen atoms in total. The molecule has 0 aromatic carbocycles. The van der Waals surface area contributed by atoms with Crippen molar-refractivity contribution in [2.45, 2.75) is 52.1 Å². The van der Waals surface area contributed by atoms with Crippen LogP contribution in [0.3, 0.4) is 0 Å². The third-order valence-corrected chi connectivity index (χ3v) is 2.91. The van der Waals surface area contributed by atoms with Gasteiger partial charge in [0.25, 0.3) is 0 Å². The van der Waals surface area contributed by atoms with Crippen LogP contribution in [0.1, 0.15) is 46.0 Å². The maximum atomic E-state index is 11.0. The summed E-state index contributed by atoms with van der Waals surface area (Å²) >= 11 is 0. The number of ether oxygens (including phenoxy) is 2. The van der Waals surface area contributed by atoms with Gasteiger partial charge in [-0.15, -0.1) is 0 Å². The molecule has 0 aliphatic heterocycles. The summed E-state index contributed by atoms with van der Waals surface area (Å²) in [5.74, 6) is 1.08. The second kappa shape index (κ2) is 7.80. The number of ketones is 1. The molecule has 0 aromatic rings. The van der Waals surface area contributed by atoms with Gasteiger partial charge >= 0.3 is 0 Å². The monoisotopic (exact) mass is 228 g/mol. The van der Waals surface area contributed by atoms with Gasteiger partial charge in [-0.25, -0.2) is 0 Å². The number of rotatable bonds is 7. The van der Waals surface area contributed by atoms with Crippen LogP contribution in [0.2, 0.25) is 0 Å². The van der Waals surface area contributed by atoms with E-state index in [1.807, 2.05) is 0 Å². The Balaban J connectivity index is 1.89. The molecular weight excluding hydrogens is 204 g/mol. The maximum Gasteiger partial charge on any atom is 0.133 e. The lowest BCUT2D eigenvalue weighted by Gasteiger charge is -2.21. The Kier molecular flexibility index (Phi) is 6.65. The Morgan fingerprint density at radius 2 is 1.88 bits per heavy atom. The van der Waals surface area contributed by atoms with E-state index in [1.54, 1.807) is 0 Å². The van der Waals surface area contributed by atoms with Crippen LogP contribution in [0.15, 0.2) is 0 Å². The molecule has 0 radical (unpaired) electrons. The molecule has 0 saturated heterocycles. The van der Waals surface area contributed by atoms with E-state index >= 15 is 0 Å². The Bertz CT molecular complexity index is 191. The fourth-order valence-corrected chi connectivity index (χ4v) is 1.77. The number of Topliss-reactive ketones (excluding diaryl/α,β-unsaturated/α-hetero) is 1. The molecule has 1 rings (SSSR count). The standard InChI is InChI=1S/C13H24O3/c1-11(2)7-8-15-9-10-16-13-5-3-12(14)4-6-13/h11,13H,3-10H2,1-2H3. The zero-order valence-electron chi connectivity index (χ0n) is 10.5. The SMILES string of the molecule is CC(C)CCOCCOC1CCC(=O)CC1. The molecule has 0 bridgehead atoms. The highest BCUT2D eigenvalue weighted by Gasteiger charge is 2.18. The smallest absolute Gasteiger partial charge is 0.133 e. The molecule has 0 unspecified atom stereocenters. The van der Waals surface area contributed by atoms with E-state index in [-0.39, 0.29) is 6.10 Å². The van der Waals surface area contributed by atoms with Gasteiger partial charge in [-0.3, -0.25) is 4.79 Å². The Morgan fingerprint density at radius 3 is 2.50 bits per heavy atom. The van der Waals surface area contributed by atoms with Crippen molar-refractivity contribution in [2.75, 3.05) is 19.8 Å². The summed E-state index contributed by atoms with van der Waals surface area (Å²) in [6.07, 6.45) is 4.57. The van der Waals surface area contributed by atoms with Crippen molar-refractivity contribution in [3.8, 4) is 0 Å². The van der Waals surface area contributed by atoms with Crippen molar-refractivity contribution in [1.29, 1.82) is 0 Å². The first-order valence-corrected chi connectivity index (χ1v) is 6.39. The zero-order valence-corrected chi connectivity index (χ0v) is 10.5. The molecule has 0 heterocycles. The number of carbonyl (C=O) groups excluding carboxylic acids is 1. The van der Waals surface area contributed by atoms with Gasteiger partial charge in [0.1, 0.15) is 5.78 Å². The minimum absolute atomic E-state index is 0.284. The predicted octanol–water partition coefficient (Wildman–Crippen LogP) is 2.58. The van der Waals surface area contributed by atoms with E-state index in [0.29, 0.717) is 37.8 Å². The second-order valence-electron chi connectivity index (χ2n) is 4.90. The van der Waals surface area contributed by atoms with Crippen molar-refractivity contribution >= 4 is 5.78 Å². The summed E-state index contributed by atoms with van der Waals surface area (Å²) in [6, 6.07) is 0. The number of carbonyl (C=O) groups is 1. The second-order valence-corrected chi connectivity index (χ2v) is 4.90. The minimum atomic E-state index is 0.284. The van der Waals surface area contributed by atoms with Gasteiger partial charge in [0.2, 0.25) is 0 Å². The van der Waals surface area contributed by atoms with E-state index < -0.39 is 0 Å². The third kappa shape index (κ3) is 6.23. The van der Waals surface area contributed by atoms with Crippen LogP contribution >= 0.6 is 0 Å². The summed E-state index contributed by atoms with van der Waals surface area (Å²) in [6.45, 7) is 6.55. The van der Waals surface area contributed by atoms with E-state index in [1.165, 1.54) is 0 Å². The minimum Gasteiger partial charge on any atom is -0.379 e. The summed E-state index contributed by atoms with van der Waals surface area (Å²) in [5, 5.41) is 0. The Labute approximate surface area is 98.5 Å². The fourth-order valence-electron chi connectivity index (χ4n) is 1.77.